The molecule has 258 valence electrons. The van der Waals surface area contributed by atoms with E-state index in [1.54, 1.807) is 6.20 Å². The lowest BCUT2D eigenvalue weighted by Crippen LogP contribution is -2.50. The van der Waals surface area contributed by atoms with Gasteiger partial charge in [-0.05, 0) is 75.2 Å². The van der Waals surface area contributed by atoms with E-state index in [1.807, 2.05) is 94.5 Å². The Balaban J connectivity index is 1.27. The first kappa shape index (κ1) is 36.4. The molecule has 0 fully saturated rings. The number of benzene rings is 2. The molecule has 2 unspecified atom stereocenters. The Morgan fingerprint density at radius 1 is 0.837 bits per heavy atom. The molecule has 0 saturated heterocycles. The van der Waals surface area contributed by atoms with Crippen LogP contribution in [0.5, 0.6) is 0 Å². The van der Waals surface area contributed by atoms with E-state index >= 15 is 0 Å². The average Bonchev–Trinajstić information content (AvgIpc) is 3.77. The number of carbonyl (C=O) groups is 3. The quantitative estimate of drug-likeness (QED) is 0.0985. The molecule has 0 aliphatic carbocycles. The number of hydrogen-bond donors (Lipinski definition) is 5. The van der Waals surface area contributed by atoms with E-state index in [0.29, 0.717) is 18.9 Å². The van der Waals surface area contributed by atoms with Gasteiger partial charge in [0.25, 0.3) is 0 Å². The summed E-state index contributed by atoms with van der Waals surface area (Å²) in [7, 11) is 5.02. The normalized spacial score (nSPS) is 12.2. The standard InChI is InChI=1S/C37H46N8O4/c1-24(2)34(44-37(48)49-6)36(47)41-25(3)35-40-22-31(43-35)29-18-14-27(15-19-29)11-10-26-12-16-28(17-13-26)30-21-39-32(42-30)9-7-8-20-38-33(46)23-45(4)5/h12-19,21-22,24-25,34H,7-9,20,23H2,1-6H3,(H,38,46)(H,39,42)(H,40,43)(H,41,47)(H,44,48). The summed E-state index contributed by atoms with van der Waals surface area (Å²) in [4.78, 5) is 53.7. The van der Waals surface area contributed by atoms with E-state index in [1.165, 1.54) is 7.11 Å². The molecule has 2 aromatic carbocycles. The second kappa shape index (κ2) is 17.7. The van der Waals surface area contributed by atoms with Crippen LogP contribution in [-0.4, -0.2) is 83.1 Å². The van der Waals surface area contributed by atoms with Gasteiger partial charge in [0.15, 0.2) is 0 Å². The summed E-state index contributed by atoms with van der Waals surface area (Å²) in [5.74, 6) is 7.58. The van der Waals surface area contributed by atoms with Crippen molar-refractivity contribution in [2.75, 3.05) is 34.3 Å². The van der Waals surface area contributed by atoms with Crippen LogP contribution in [0.3, 0.4) is 0 Å². The van der Waals surface area contributed by atoms with Crippen molar-refractivity contribution in [1.82, 2.24) is 40.8 Å². The van der Waals surface area contributed by atoms with Crippen LogP contribution >= 0.6 is 0 Å². The molecule has 12 nitrogen and oxygen atoms in total. The molecule has 5 N–H and O–H groups in total. The zero-order valence-electron chi connectivity index (χ0n) is 29.0. The number of alkyl carbamates (subject to hydrolysis) is 1. The molecular weight excluding hydrogens is 620 g/mol. The highest BCUT2D eigenvalue weighted by molar-refractivity contribution is 5.86. The predicted octanol–water partition coefficient (Wildman–Crippen LogP) is 4.42. The summed E-state index contributed by atoms with van der Waals surface area (Å²) in [6.07, 6.45) is 5.57. The van der Waals surface area contributed by atoms with Gasteiger partial charge in [0.2, 0.25) is 11.8 Å². The van der Waals surface area contributed by atoms with Crippen molar-refractivity contribution in [3.05, 3.63) is 83.7 Å². The van der Waals surface area contributed by atoms with Gasteiger partial charge in [-0.2, -0.15) is 0 Å². The number of H-pyrrole nitrogens is 2. The molecule has 3 amide bonds. The fraction of sp³-hybridized carbons (Fsp3) is 0.378. The van der Waals surface area contributed by atoms with Crippen LogP contribution in [0.15, 0.2) is 60.9 Å². The van der Waals surface area contributed by atoms with Crippen LogP contribution in [0.2, 0.25) is 0 Å². The van der Waals surface area contributed by atoms with Crippen molar-refractivity contribution in [3.63, 3.8) is 0 Å². The summed E-state index contributed by atoms with van der Waals surface area (Å²) < 4.78 is 4.65. The number of imidazole rings is 2. The van der Waals surface area contributed by atoms with E-state index in [2.05, 4.69) is 52.5 Å². The SMILES string of the molecule is COC(=O)NC(C(=O)NC(C)c1ncc(-c2ccc(C#Cc3ccc(-c4cnc(CCCCNC(=O)CN(C)C)[nH]4)cc3)cc2)[nH]1)C(C)C. The minimum atomic E-state index is -0.733. The number of nitrogens with one attached hydrogen (secondary N) is 5. The lowest BCUT2D eigenvalue weighted by atomic mass is 10.0. The number of methoxy groups -OCH3 is 1. The molecule has 4 rings (SSSR count). The number of unbranched alkanes of at least 4 members (excludes halogenated alkanes) is 1. The number of carbonyl (C=O) groups excluding carboxylic acids is 3. The molecule has 12 heteroatoms. The number of rotatable bonds is 14. The first-order valence-electron chi connectivity index (χ1n) is 16.4. The largest absolute Gasteiger partial charge is 0.453 e. The highest BCUT2D eigenvalue weighted by Crippen LogP contribution is 2.21. The molecule has 0 aliphatic heterocycles. The highest BCUT2D eigenvalue weighted by Gasteiger charge is 2.26. The lowest BCUT2D eigenvalue weighted by Gasteiger charge is -2.22. The minimum absolute atomic E-state index is 0.0431. The number of aromatic amines is 2. The maximum absolute atomic E-state index is 12.8. The molecule has 4 aromatic rings. The van der Waals surface area contributed by atoms with E-state index < -0.39 is 18.2 Å². The molecular formula is C37H46N8O4. The Bertz CT molecular complexity index is 1750. The van der Waals surface area contributed by atoms with Gasteiger partial charge in [-0.15, -0.1) is 0 Å². The summed E-state index contributed by atoms with van der Waals surface area (Å²) in [5.41, 5.74) is 5.52. The average molecular weight is 667 g/mol. The van der Waals surface area contributed by atoms with Crippen molar-refractivity contribution in [1.29, 1.82) is 0 Å². The van der Waals surface area contributed by atoms with Crippen molar-refractivity contribution in [2.45, 2.75) is 52.1 Å². The Kier molecular flexibility index (Phi) is 13.1. The summed E-state index contributed by atoms with van der Waals surface area (Å²) in [6.45, 7) is 6.59. The van der Waals surface area contributed by atoms with Gasteiger partial charge in [-0.25, -0.2) is 14.8 Å². The smallest absolute Gasteiger partial charge is 0.407 e. The number of ether oxygens (including phenoxy) is 1. The van der Waals surface area contributed by atoms with E-state index in [9.17, 15) is 14.4 Å². The molecule has 0 aliphatic rings. The second-order valence-corrected chi connectivity index (χ2v) is 12.5. The number of hydrogen-bond acceptors (Lipinski definition) is 7. The minimum Gasteiger partial charge on any atom is -0.453 e. The number of amides is 3. The Hall–Kier alpha value is -5.41. The summed E-state index contributed by atoms with van der Waals surface area (Å²) >= 11 is 0. The lowest BCUT2D eigenvalue weighted by molar-refractivity contribution is -0.124. The maximum Gasteiger partial charge on any atom is 0.407 e. The van der Waals surface area contributed by atoms with Crippen molar-refractivity contribution >= 4 is 17.9 Å². The van der Waals surface area contributed by atoms with E-state index in [0.717, 1.165) is 58.7 Å². The van der Waals surface area contributed by atoms with E-state index in [4.69, 9.17) is 0 Å². The Labute approximate surface area is 287 Å². The van der Waals surface area contributed by atoms with Gasteiger partial charge < -0.3 is 35.6 Å². The Morgan fingerprint density at radius 3 is 2.00 bits per heavy atom. The number of likely N-dealkylation sites (N-methyl/N-ethyl adjacent to an activating group) is 1. The fourth-order valence-corrected chi connectivity index (χ4v) is 5.03. The van der Waals surface area contributed by atoms with Crippen LogP contribution < -0.4 is 16.0 Å². The Morgan fingerprint density at radius 2 is 1.43 bits per heavy atom. The van der Waals surface area contributed by atoms with Gasteiger partial charge in [0.05, 0.1) is 43.5 Å². The number of aromatic nitrogens is 4. The van der Waals surface area contributed by atoms with Crippen molar-refractivity contribution < 1.29 is 19.1 Å². The summed E-state index contributed by atoms with van der Waals surface area (Å²) in [6, 6.07) is 14.8. The van der Waals surface area contributed by atoms with Crippen LogP contribution in [0.1, 0.15) is 62.4 Å². The van der Waals surface area contributed by atoms with Crippen molar-refractivity contribution in [3.8, 4) is 34.4 Å². The maximum atomic E-state index is 12.8. The molecule has 2 heterocycles. The molecule has 0 radical (unpaired) electrons. The van der Waals surface area contributed by atoms with Crippen LogP contribution in [0, 0.1) is 17.8 Å². The van der Waals surface area contributed by atoms with Crippen LogP contribution in [-0.2, 0) is 20.7 Å². The van der Waals surface area contributed by atoms with Gasteiger partial charge in [0.1, 0.15) is 17.7 Å². The fourth-order valence-electron chi connectivity index (χ4n) is 5.03. The zero-order chi connectivity index (χ0) is 35.3. The predicted molar refractivity (Wildman–Crippen MR) is 189 cm³/mol. The van der Waals surface area contributed by atoms with Crippen LogP contribution in [0.4, 0.5) is 4.79 Å². The third-order valence-corrected chi connectivity index (χ3v) is 7.77. The first-order chi connectivity index (χ1) is 23.5. The molecule has 2 atom stereocenters. The van der Waals surface area contributed by atoms with Gasteiger partial charge in [0, 0.05) is 24.1 Å². The second-order valence-electron chi connectivity index (χ2n) is 12.5. The number of aryl methyl sites for hydroxylation is 1. The molecule has 2 aromatic heterocycles. The zero-order valence-corrected chi connectivity index (χ0v) is 29.0. The summed E-state index contributed by atoms with van der Waals surface area (Å²) in [5, 5.41) is 8.42. The van der Waals surface area contributed by atoms with Crippen LogP contribution in [0.25, 0.3) is 22.5 Å². The third kappa shape index (κ3) is 11.1. The van der Waals surface area contributed by atoms with Gasteiger partial charge in [-0.1, -0.05) is 50.0 Å². The van der Waals surface area contributed by atoms with Crippen molar-refractivity contribution in [2.24, 2.45) is 5.92 Å². The first-order valence-corrected chi connectivity index (χ1v) is 16.4. The van der Waals surface area contributed by atoms with Gasteiger partial charge >= 0.3 is 6.09 Å². The molecule has 0 spiro atoms. The van der Waals surface area contributed by atoms with Gasteiger partial charge in [-0.3, -0.25) is 9.59 Å². The topological polar surface area (TPSA) is 157 Å². The third-order valence-electron chi connectivity index (χ3n) is 7.77. The molecule has 49 heavy (non-hydrogen) atoms. The highest BCUT2D eigenvalue weighted by atomic mass is 16.5. The van der Waals surface area contributed by atoms with E-state index in [-0.39, 0.29) is 17.7 Å². The molecule has 0 bridgehead atoms. The number of nitrogens with zero attached hydrogens (tertiary/aromatic N) is 3. The monoisotopic (exact) mass is 666 g/mol. The molecule has 0 saturated carbocycles.